The Morgan fingerprint density at radius 2 is 2.00 bits per heavy atom. The molecule has 0 N–H and O–H groups in total. The Balaban J connectivity index is 1.59. The average molecular weight is 355 g/mol. The largest absolute Gasteiger partial charge is 0.381 e. The zero-order valence-corrected chi connectivity index (χ0v) is 15.2. The van der Waals surface area contributed by atoms with Crippen LogP contribution in [0.3, 0.4) is 0 Å². The third-order valence-electron chi connectivity index (χ3n) is 5.68. The number of aryl methyl sites for hydroxylation is 1. The van der Waals surface area contributed by atoms with Crippen LogP contribution in [0.15, 0.2) is 34.9 Å². The van der Waals surface area contributed by atoms with E-state index in [1.807, 2.05) is 30.0 Å². The number of rotatable bonds is 3. The lowest BCUT2D eigenvalue weighted by molar-refractivity contribution is -0.142. The minimum atomic E-state index is -0.480. The number of aromatic nitrogens is 2. The number of hydrogen-bond acceptors (Lipinski definition) is 5. The maximum atomic E-state index is 13.7. The molecule has 0 unspecified atom stereocenters. The van der Waals surface area contributed by atoms with Gasteiger partial charge in [0.05, 0.1) is 11.3 Å². The van der Waals surface area contributed by atoms with Gasteiger partial charge < -0.3 is 14.2 Å². The van der Waals surface area contributed by atoms with Gasteiger partial charge in [0.1, 0.15) is 0 Å². The monoisotopic (exact) mass is 355 g/mol. The van der Waals surface area contributed by atoms with Crippen LogP contribution in [-0.4, -0.2) is 47.3 Å². The maximum absolute atomic E-state index is 13.7. The lowest BCUT2D eigenvalue weighted by Crippen LogP contribution is -2.52. The number of carbonyl (C=O) groups excluding carboxylic acids is 1. The smallest absolute Gasteiger partial charge is 0.233 e. The Labute approximate surface area is 153 Å². The molecule has 0 radical (unpaired) electrons. The van der Waals surface area contributed by atoms with Crippen LogP contribution in [-0.2, 0) is 14.9 Å². The molecule has 6 nitrogen and oxygen atoms in total. The summed E-state index contributed by atoms with van der Waals surface area (Å²) < 4.78 is 10.9. The summed E-state index contributed by atoms with van der Waals surface area (Å²) in [5.74, 6) is 1.64. The number of ether oxygens (including phenoxy) is 1. The first kappa shape index (κ1) is 17.2. The molecular weight excluding hydrogens is 330 g/mol. The summed E-state index contributed by atoms with van der Waals surface area (Å²) >= 11 is 0. The molecule has 1 atom stereocenters. The van der Waals surface area contributed by atoms with E-state index in [-0.39, 0.29) is 11.8 Å². The van der Waals surface area contributed by atoms with E-state index in [2.05, 4.69) is 22.3 Å². The van der Waals surface area contributed by atoms with Crippen LogP contribution in [0.5, 0.6) is 0 Å². The van der Waals surface area contributed by atoms with Gasteiger partial charge in [0, 0.05) is 26.3 Å². The van der Waals surface area contributed by atoms with Crippen molar-refractivity contribution in [2.24, 2.45) is 0 Å². The third kappa shape index (κ3) is 3.14. The topological polar surface area (TPSA) is 68.5 Å². The Hall–Kier alpha value is -2.21. The molecule has 4 rings (SSSR count). The highest BCUT2D eigenvalue weighted by Crippen LogP contribution is 2.38. The SMILES string of the molecule is Cc1noc([C@@H]2CCCN(C(=O)C3(c4ccccc4)CCOCC3)C2)n1. The number of nitrogens with zero attached hydrogens (tertiary/aromatic N) is 3. The molecule has 6 heteroatoms. The van der Waals surface area contributed by atoms with Gasteiger partial charge in [0.15, 0.2) is 5.82 Å². The molecule has 0 aliphatic carbocycles. The van der Waals surface area contributed by atoms with E-state index < -0.39 is 5.41 Å². The molecule has 1 aromatic heterocycles. The molecule has 1 amide bonds. The molecule has 2 aliphatic rings. The maximum Gasteiger partial charge on any atom is 0.233 e. The summed E-state index contributed by atoms with van der Waals surface area (Å²) in [6.07, 6.45) is 3.40. The van der Waals surface area contributed by atoms with E-state index in [9.17, 15) is 4.79 Å². The zero-order valence-electron chi connectivity index (χ0n) is 15.2. The van der Waals surface area contributed by atoms with Crippen molar-refractivity contribution in [2.45, 2.75) is 43.9 Å². The summed E-state index contributed by atoms with van der Waals surface area (Å²) in [5, 5.41) is 3.91. The minimum absolute atomic E-state index is 0.126. The summed E-state index contributed by atoms with van der Waals surface area (Å²) in [6.45, 7) is 4.51. The summed E-state index contributed by atoms with van der Waals surface area (Å²) in [4.78, 5) is 20.0. The Bertz CT molecular complexity index is 753. The van der Waals surface area contributed by atoms with Crippen LogP contribution >= 0.6 is 0 Å². The van der Waals surface area contributed by atoms with E-state index in [0.29, 0.717) is 31.5 Å². The van der Waals surface area contributed by atoms with Crippen LogP contribution in [0.25, 0.3) is 0 Å². The molecule has 2 aliphatic heterocycles. The second-order valence-electron chi connectivity index (χ2n) is 7.33. The summed E-state index contributed by atoms with van der Waals surface area (Å²) in [6, 6.07) is 10.2. The number of benzene rings is 1. The fourth-order valence-corrected chi connectivity index (χ4v) is 4.25. The molecule has 0 saturated carbocycles. The molecule has 26 heavy (non-hydrogen) atoms. The molecular formula is C20H25N3O3. The van der Waals surface area contributed by atoms with Gasteiger partial charge in [-0.3, -0.25) is 4.79 Å². The highest BCUT2D eigenvalue weighted by atomic mass is 16.5. The number of piperidine rings is 1. The van der Waals surface area contributed by atoms with Gasteiger partial charge in [0.2, 0.25) is 11.8 Å². The van der Waals surface area contributed by atoms with Gasteiger partial charge in [-0.25, -0.2) is 0 Å². The summed E-state index contributed by atoms with van der Waals surface area (Å²) in [7, 11) is 0. The van der Waals surface area contributed by atoms with Crippen LogP contribution in [0.1, 0.15) is 48.9 Å². The predicted octanol–water partition coefficient (Wildman–Crippen LogP) is 2.83. The first-order valence-corrected chi connectivity index (χ1v) is 9.42. The lowest BCUT2D eigenvalue weighted by Gasteiger charge is -2.42. The van der Waals surface area contributed by atoms with Crippen LogP contribution < -0.4 is 0 Å². The van der Waals surface area contributed by atoms with E-state index in [4.69, 9.17) is 9.26 Å². The highest BCUT2D eigenvalue weighted by Gasteiger charge is 2.45. The Morgan fingerprint density at radius 1 is 1.23 bits per heavy atom. The fourth-order valence-electron chi connectivity index (χ4n) is 4.25. The first-order valence-electron chi connectivity index (χ1n) is 9.42. The van der Waals surface area contributed by atoms with Crippen molar-refractivity contribution in [2.75, 3.05) is 26.3 Å². The van der Waals surface area contributed by atoms with E-state index in [1.54, 1.807) is 0 Å². The average Bonchev–Trinajstić information content (AvgIpc) is 3.15. The van der Waals surface area contributed by atoms with Crippen LogP contribution in [0.2, 0.25) is 0 Å². The Morgan fingerprint density at radius 3 is 2.69 bits per heavy atom. The van der Waals surface area contributed by atoms with Crippen molar-refractivity contribution in [1.29, 1.82) is 0 Å². The van der Waals surface area contributed by atoms with Crippen molar-refractivity contribution in [3.05, 3.63) is 47.6 Å². The third-order valence-corrected chi connectivity index (χ3v) is 5.68. The van der Waals surface area contributed by atoms with Gasteiger partial charge in [-0.05, 0) is 38.2 Å². The van der Waals surface area contributed by atoms with Gasteiger partial charge in [-0.1, -0.05) is 35.5 Å². The molecule has 0 spiro atoms. The first-order chi connectivity index (χ1) is 12.7. The summed E-state index contributed by atoms with van der Waals surface area (Å²) in [5.41, 5.74) is 0.621. The standard InChI is InChI=1S/C20H25N3O3/c1-15-21-18(26-22-15)16-6-5-11-23(14-16)19(24)20(9-12-25-13-10-20)17-7-3-2-4-8-17/h2-4,7-8,16H,5-6,9-14H2,1H3/t16-/m1/s1. The number of hydrogen-bond donors (Lipinski definition) is 0. The van der Waals surface area contributed by atoms with Crippen molar-refractivity contribution in [1.82, 2.24) is 15.0 Å². The minimum Gasteiger partial charge on any atom is -0.381 e. The van der Waals surface area contributed by atoms with Gasteiger partial charge in [0.25, 0.3) is 0 Å². The van der Waals surface area contributed by atoms with Gasteiger partial charge in [-0.15, -0.1) is 0 Å². The molecule has 2 saturated heterocycles. The normalized spacial score (nSPS) is 23.0. The second-order valence-corrected chi connectivity index (χ2v) is 7.33. The van der Waals surface area contributed by atoms with Crippen molar-refractivity contribution in [3.8, 4) is 0 Å². The van der Waals surface area contributed by atoms with Crippen LogP contribution in [0.4, 0.5) is 0 Å². The van der Waals surface area contributed by atoms with Gasteiger partial charge >= 0.3 is 0 Å². The molecule has 0 bridgehead atoms. The van der Waals surface area contributed by atoms with E-state index >= 15 is 0 Å². The zero-order chi connectivity index (χ0) is 18.0. The molecule has 3 heterocycles. The van der Waals surface area contributed by atoms with Crippen molar-refractivity contribution >= 4 is 5.91 Å². The fraction of sp³-hybridized carbons (Fsp3) is 0.550. The number of carbonyl (C=O) groups is 1. The molecule has 138 valence electrons. The van der Waals surface area contributed by atoms with Crippen molar-refractivity contribution in [3.63, 3.8) is 0 Å². The predicted molar refractivity (Wildman–Crippen MR) is 95.8 cm³/mol. The van der Waals surface area contributed by atoms with Crippen molar-refractivity contribution < 1.29 is 14.1 Å². The number of likely N-dealkylation sites (tertiary alicyclic amines) is 1. The van der Waals surface area contributed by atoms with Crippen LogP contribution in [0, 0.1) is 6.92 Å². The second kappa shape index (κ2) is 7.19. The van der Waals surface area contributed by atoms with E-state index in [1.165, 1.54) is 0 Å². The molecule has 2 fully saturated rings. The Kier molecular flexibility index (Phi) is 4.76. The quantitative estimate of drug-likeness (QED) is 0.847. The molecule has 1 aromatic carbocycles. The highest BCUT2D eigenvalue weighted by molar-refractivity contribution is 5.88. The van der Waals surface area contributed by atoms with E-state index in [0.717, 1.165) is 37.8 Å². The van der Waals surface area contributed by atoms with Gasteiger partial charge in [-0.2, -0.15) is 4.98 Å². The number of amides is 1. The lowest BCUT2D eigenvalue weighted by atomic mass is 9.72. The molecule has 2 aromatic rings.